The van der Waals surface area contributed by atoms with Gasteiger partial charge in [0.05, 0.1) is 6.04 Å². The van der Waals surface area contributed by atoms with Crippen LogP contribution in [0.2, 0.25) is 0 Å². The summed E-state index contributed by atoms with van der Waals surface area (Å²) in [6.07, 6.45) is 7.54. The fourth-order valence-corrected chi connectivity index (χ4v) is 6.23. The van der Waals surface area contributed by atoms with Crippen LogP contribution in [0.1, 0.15) is 66.2 Å². The van der Waals surface area contributed by atoms with Gasteiger partial charge in [-0.3, -0.25) is 4.79 Å². The van der Waals surface area contributed by atoms with Gasteiger partial charge >= 0.3 is 0 Å². The van der Waals surface area contributed by atoms with E-state index in [0.29, 0.717) is 10.8 Å². The minimum atomic E-state index is -0.372. The predicted octanol–water partition coefficient (Wildman–Crippen LogP) is 2.83. The summed E-state index contributed by atoms with van der Waals surface area (Å²) in [4.78, 5) is 12.4. The van der Waals surface area contributed by atoms with Crippen LogP contribution in [-0.2, 0) is 4.79 Å². The molecular formula is C17H30N2O. The average molecular weight is 278 g/mol. The molecule has 0 aromatic heterocycles. The molecule has 0 aromatic carbocycles. The van der Waals surface area contributed by atoms with Crippen molar-refractivity contribution in [1.29, 1.82) is 0 Å². The lowest BCUT2D eigenvalue weighted by Crippen LogP contribution is -2.66. The van der Waals surface area contributed by atoms with E-state index in [2.05, 4.69) is 19.2 Å². The number of nitrogens with two attached hydrogens (primary N) is 1. The second-order valence-corrected chi connectivity index (χ2v) is 9.17. The molecule has 114 valence electrons. The first-order valence-corrected chi connectivity index (χ1v) is 8.22. The SMILES string of the molecule is CC(C)[C@@H](N)C(=O)NC12CC3CC(C)(CC(C)(C3)C1)C2. The zero-order valence-corrected chi connectivity index (χ0v) is 13.5. The van der Waals surface area contributed by atoms with Crippen LogP contribution in [-0.4, -0.2) is 17.5 Å². The van der Waals surface area contributed by atoms with Gasteiger partial charge < -0.3 is 11.1 Å². The number of hydrogen-bond acceptors (Lipinski definition) is 2. The van der Waals surface area contributed by atoms with Gasteiger partial charge in [0.25, 0.3) is 0 Å². The molecule has 4 bridgehead atoms. The fourth-order valence-electron chi connectivity index (χ4n) is 6.23. The Morgan fingerprint density at radius 3 is 2.10 bits per heavy atom. The topological polar surface area (TPSA) is 55.1 Å². The van der Waals surface area contributed by atoms with Crippen LogP contribution < -0.4 is 11.1 Å². The molecule has 4 aliphatic carbocycles. The fraction of sp³-hybridized carbons (Fsp3) is 0.941. The molecule has 20 heavy (non-hydrogen) atoms. The summed E-state index contributed by atoms with van der Waals surface area (Å²) in [5.74, 6) is 1.07. The molecule has 0 aromatic rings. The Hall–Kier alpha value is -0.570. The summed E-state index contributed by atoms with van der Waals surface area (Å²) in [6, 6.07) is -0.372. The minimum absolute atomic E-state index is 0.0342. The van der Waals surface area contributed by atoms with Crippen molar-refractivity contribution >= 4 is 5.91 Å². The second-order valence-electron chi connectivity index (χ2n) is 9.17. The van der Waals surface area contributed by atoms with Crippen LogP contribution in [0, 0.1) is 22.7 Å². The maximum atomic E-state index is 12.4. The van der Waals surface area contributed by atoms with Crippen LogP contribution in [0.25, 0.3) is 0 Å². The van der Waals surface area contributed by atoms with E-state index < -0.39 is 0 Å². The third kappa shape index (κ3) is 2.28. The molecule has 3 heteroatoms. The van der Waals surface area contributed by atoms with E-state index >= 15 is 0 Å². The first kappa shape index (κ1) is 14.4. The minimum Gasteiger partial charge on any atom is -0.349 e. The summed E-state index contributed by atoms with van der Waals surface area (Å²) < 4.78 is 0. The molecule has 0 aliphatic heterocycles. The summed E-state index contributed by atoms with van der Waals surface area (Å²) in [6.45, 7) is 8.90. The molecule has 3 atom stereocenters. The molecule has 3 nitrogen and oxygen atoms in total. The predicted molar refractivity (Wildman–Crippen MR) is 81.1 cm³/mol. The standard InChI is InChI=1S/C17H30N2O/c1-11(2)13(18)14(20)19-17-7-12-5-15(3,9-17)8-16(4,6-12)10-17/h11-13H,5-10,18H2,1-4H3,(H,19,20)/t12?,13-,15?,16?,17?/m1/s1. The van der Waals surface area contributed by atoms with E-state index in [0.717, 1.165) is 18.8 Å². The van der Waals surface area contributed by atoms with Crippen molar-refractivity contribution in [3.05, 3.63) is 0 Å². The molecule has 4 fully saturated rings. The van der Waals surface area contributed by atoms with Gasteiger partial charge in [0.15, 0.2) is 0 Å². The highest BCUT2D eigenvalue weighted by atomic mass is 16.2. The molecular weight excluding hydrogens is 248 g/mol. The molecule has 4 saturated carbocycles. The maximum Gasteiger partial charge on any atom is 0.237 e. The summed E-state index contributed by atoms with van der Waals surface area (Å²) in [5.41, 5.74) is 6.95. The zero-order valence-electron chi connectivity index (χ0n) is 13.5. The van der Waals surface area contributed by atoms with E-state index in [1.54, 1.807) is 0 Å². The highest BCUT2D eigenvalue weighted by molar-refractivity contribution is 5.82. The van der Waals surface area contributed by atoms with E-state index in [4.69, 9.17) is 5.73 Å². The first-order chi connectivity index (χ1) is 9.14. The average Bonchev–Trinajstić information content (AvgIpc) is 2.21. The van der Waals surface area contributed by atoms with Crippen molar-refractivity contribution in [2.75, 3.05) is 0 Å². The molecule has 1 amide bonds. The smallest absolute Gasteiger partial charge is 0.237 e. The van der Waals surface area contributed by atoms with Gasteiger partial charge in [-0.05, 0) is 61.2 Å². The van der Waals surface area contributed by atoms with Crippen LogP contribution >= 0.6 is 0 Å². The Morgan fingerprint density at radius 1 is 1.10 bits per heavy atom. The Bertz CT molecular complexity index is 413. The number of nitrogens with one attached hydrogen (secondary N) is 1. The lowest BCUT2D eigenvalue weighted by atomic mass is 9.43. The van der Waals surface area contributed by atoms with Crippen LogP contribution in [0.3, 0.4) is 0 Å². The number of hydrogen-bond donors (Lipinski definition) is 2. The Kier molecular flexibility index (Phi) is 3.03. The van der Waals surface area contributed by atoms with Crippen molar-refractivity contribution in [2.45, 2.75) is 77.8 Å². The third-order valence-electron chi connectivity index (χ3n) is 6.04. The lowest BCUT2D eigenvalue weighted by molar-refractivity contribution is -0.141. The maximum absolute atomic E-state index is 12.4. The molecule has 4 aliphatic rings. The number of carbonyl (C=O) groups excluding carboxylic acids is 1. The highest BCUT2D eigenvalue weighted by Gasteiger charge is 2.60. The Balaban J connectivity index is 1.81. The van der Waals surface area contributed by atoms with Gasteiger partial charge in [-0.15, -0.1) is 0 Å². The van der Waals surface area contributed by atoms with Gasteiger partial charge in [-0.1, -0.05) is 27.7 Å². The summed E-state index contributed by atoms with van der Waals surface area (Å²) >= 11 is 0. The van der Waals surface area contributed by atoms with E-state index in [1.165, 1.54) is 25.7 Å². The molecule has 4 rings (SSSR count). The van der Waals surface area contributed by atoms with E-state index in [-0.39, 0.29) is 23.4 Å². The van der Waals surface area contributed by atoms with Crippen molar-refractivity contribution < 1.29 is 4.79 Å². The second kappa shape index (κ2) is 4.22. The normalized spacial score (nSPS) is 47.6. The van der Waals surface area contributed by atoms with Gasteiger partial charge in [0, 0.05) is 5.54 Å². The molecule has 0 saturated heterocycles. The van der Waals surface area contributed by atoms with Gasteiger partial charge in [-0.2, -0.15) is 0 Å². The van der Waals surface area contributed by atoms with E-state index in [1.807, 2.05) is 13.8 Å². The van der Waals surface area contributed by atoms with E-state index in [9.17, 15) is 4.79 Å². The molecule has 0 radical (unpaired) electrons. The van der Waals surface area contributed by atoms with Gasteiger partial charge in [0.2, 0.25) is 5.91 Å². The van der Waals surface area contributed by atoms with Crippen molar-refractivity contribution in [1.82, 2.24) is 5.32 Å². The number of carbonyl (C=O) groups is 1. The van der Waals surface area contributed by atoms with Crippen LogP contribution in [0.5, 0.6) is 0 Å². The Morgan fingerprint density at radius 2 is 1.65 bits per heavy atom. The number of amides is 1. The largest absolute Gasteiger partial charge is 0.349 e. The third-order valence-corrected chi connectivity index (χ3v) is 6.04. The molecule has 0 spiro atoms. The summed E-state index contributed by atoms with van der Waals surface area (Å²) in [5, 5.41) is 3.39. The first-order valence-electron chi connectivity index (χ1n) is 8.22. The van der Waals surface area contributed by atoms with Crippen LogP contribution in [0.15, 0.2) is 0 Å². The van der Waals surface area contributed by atoms with Gasteiger partial charge in [0.1, 0.15) is 0 Å². The summed E-state index contributed by atoms with van der Waals surface area (Å²) in [7, 11) is 0. The number of rotatable bonds is 3. The van der Waals surface area contributed by atoms with Crippen LogP contribution in [0.4, 0.5) is 0 Å². The Labute approximate surface area is 123 Å². The highest BCUT2D eigenvalue weighted by Crippen LogP contribution is 2.66. The zero-order chi connectivity index (χ0) is 14.8. The quantitative estimate of drug-likeness (QED) is 0.834. The molecule has 2 unspecified atom stereocenters. The lowest BCUT2D eigenvalue weighted by Gasteiger charge is -2.65. The monoisotopic (exact) mass is 278 g/mol. The molecule has 0 heterocycles. The van der Waals surface area contributed by atoms with Gasteiger partial charge in [-0.25, -0.2) is 0 Å². The van der Waals surface area contributed by atoms with Crippen molar-refractivity contribution in [2.24, 2.45) is 28.4 Å². The molecule has 3 N–H and O–H groups in total. The van der Waals surface area contributed by atoms with Crippen molar-refractivity contribution in [3.8, 4) is 0 Å². The van der Waals surface area contributed by atoms with Crippen molar-refractivity contribution in [3.63, 3.8) is 0 Å².